The molecule has 0 fully saturated rings. The lowest BCUT2D eigenvalue weighted by Crippen LogP contribution is -2.32. The van der Waals surface area contributed by atoms with Crippen molar-refractivity contribution in [2.45, 2.75) is 92.4 Å². The molecular weight excluding hydrogens is 230 g/mol. The maximum absolute atomic E-state index is 3.61. The number of rotatable bonds is 12. The Hall–Kier alpha value is -0.0400. The van der Waals surface area contributed by atoms with Crippen molar-refractivity contribution in [1.82, 2.24) is 5.32 Å². The third kappa shape index (κ3) is 11.5. The Labute approximate surface area is 122 Å². The molecule has 0 aromatic rings. The molecule has 0 aromatic heterocycles. The number of hydrogen-bond donors (Lipinski definition) is 1. The third-order valence-corrected chi connectivity index (χ3v) is 4.20. The van der Waals surface area contributed by atoms with E-state index in [1.165, 1.54) is 70.9 Å². The quantitative estimate of drug-likeness (QED) is 0.442. The second-order valence-electron chi connectivity index (χ2n) is 7.18. The SMILES string of the molecule is CCCCCCCCCC(CNCCC)C(C)(C)C. The Morgan fingerprint density at radius 3 is 1.89 bits per heavy atom. The molecule has 19 heavy (non-hydrogen) atoms. The van der Waals surface area contributed by atoms with Gasteiger partial charge in [0.15, 0.2) is 0 Å². The summed E-state index contributed by atoms with van der Waals surface area (Å²) >= 11 is 0. The highest BCUT2D eigenvalue weighted by atomic mass is 14.9. The smallest absolute Gasteiger partial charge is 0.00155 e. The summed E-state index contributed by atoms with van der Waals surface area (Å²) in [5.41, 5.74) is 0.447. The van der Waals surface area contributed by atoms with Gasteiger partial charge in [-0.25, -0.2) is 0 Å². The fraction of sp³-hybridized carbons (Fsp3) is 1.00. The molecule has 0 aliphatic carbocycles. The van der Waals surface area contributed by atoms with E-state index >= 15 is 0 Å². The number of nitrogens with one attached hydrogen (secondary N) is 1. The summed E-state index contributed by atoms with van der Waals surface area (Å²) in [5.74, 6) is 0.828. The Morgan fingerprint density at radius 1 is 0.789 bits per heavy atom. The summed E-state index contributed by atoms with van der Waals surface area (Å²) in [7, 11) is 0. The van der Waals surface area contributed by atoms with Crippen LogP contribution in [0.2, 0.25) is 0 Å². The zero-order chi connectivity index (χ0) is 14.6. The van der Waals surface area contributed by atoms with Gasteiger partial charge >= 0.3 is 0 Å². The van der Waals surface area contributed by atoms with E-state index in [1.54, 1.807) is 0 Å². The van der Waals surface area contributed by atoms with Crippen LogP contribution in [-0.4, -0.2) is 13.1 Å². The minimum absolute atomic E-state index is 0.447. The van der Waals surface area contributed by atoms with Crippen LogP contribution in [0.15, 0.2) is 0 Å². The summed E-state index contributed by atoms with van der Waals surface area (Å²) < 4.78 is 0. The van der Waals surface area contributed by atoms with Crippen LogP contribution in [0.3, 0.4) is 0 Å². The third-order valence-electron chi connectivity index (χ3n) is 4.20. The molecule has 0 saturated carbocycles. The van der Waals surface area contributed by atoms with Crippen LogP contribution < -0.4 is 5.32 Å². The lowest BCUT2D eigenvalue weighted by atomic mass is 9.77. The molecule has 0 heterocycles. The molecule has 0 aromatic carbocycles. The van der Waals surface area contributed by atoms with E-state index in [0.29, 0.717) is 5.41 Å². The van der Waals surface area contributed by atoms with E-state index < -0.39 is 0 Å². The van der Waals surface area contributed by atoms with E-state index in [9.17, 15) is 0 Å². The van der Waals surface area contributed by atoms with E-state index in [-0.39, 0.29) is 0 Å². The van der Waals surface area contributed by atoms with Gasteiger partial charge in [-0.05, 0) is 37.3 Å². The standard InChI is InChI=1S/C18H39N/c1-6-8-9-10-11-12-13-14-17(18(3,4)5)16-19-15-7-2/h17,19H,6-16H2,1-5H3. The van der Waals surface area contributed by atoms with Crippen LogP contribution >= 0.6 is 0 Å². The maximum Gasteiger partial charge on any atom is -0.00155 e. The number of unbranched alkanes of at least 4 members (excludes halogenated alkanes) is 6. The molecule has 1 nitrogen and oxygen atoms in total. The minimum Gasteiger partial charge on any atom is -0.316 e. The summed E-state index contributed by atoms with van der Waals surface area (Å²) in [4.78, 5) is 0. The molecule has 0 aliphatic heterocycles. The highest BCUT2D eigenvalue weighted by Gasteiger charge is 2.23. The molecule has 0 spiro atoms. The molecule has 1 N–H and O–H groups in total. The van der Waals surface area contributed by atoms with Gasteiger partial charge in [0.1, 0.15) is 0 Å². The van der Waals surface area contributed by atoms with Gasteiger partial charge in [-0.15, -0.1) is 0 Å². The van der Waals surface area contributed by atoms with Gasteiger partial charge in [0.2, 0.25) is 0 Å². The molecular formula is C18H39N. The first-order chi connectivity index (χ1) is 9.02. The molecule has 0 saturated heterocycles. The maximum atomic E-state index is 3.61. The Morgan fingerprint density at radius 2 is 1.37 bits per heavy atom. The van der Waals surface area contributed by atoms with Gasteiger partial charge in [-0.1, -0.05) is 79.6 Å². The van der Waals surface area contributed by atoms with Crippen molar-refractivity contribution < 1.29 is 0 Å². The first kappa shape index (κ1) is 19.0. The molecule has 0 radical (unpaired) electrons. The fourth-order valence-corrected chi connectivity index (χ4v) is 2.64. The van der Waals surface area contributed by atoms with Crippen molar-refractivity contribution in [3.05, 3.63) is 0 Å². The largest absolute Gasteiger partial charge is 0.316 e. The van der Waals surface area contributed by atoms with Gasteiger partial charge in [-0.2, -0.15) is 0 Å². The first-order valence-electron chi connectivity index (χ1n) is 8.73. The van der Waals surface area contributed by atoms with Crippen molar-refractivity contribution in [3.63, 3.8) is 0 Å². The minimum atomic E-state index is 0.447. The fourth-order valence-electron chi connectivity index (χ4n) is 2.64. The van der Waals surface area contributed by atoms with E-state index in [4.69, 9.17) is 0 Å². The van der Waals surface area contributed by atoms with Crippen molar-refractivity contribution in [2.24, 2.45) is 11.3 Å². The average molecular weight is 270 g/mol. The first-order valence-corrected chi connectivity index (χ1v) is 8.73. The second-order valence-corrected chi connectivity index (χ2v) is 7.18. The van der Waals surface area contributed by atoms with E-state index in [2.05, 4.69) is 39.9 Å². The molecule has 1 atom stereocenters. The highest BCUT2D eigenvalue weighted by molar-refractivity contribution is 4.76. The lowest BCUT2D eigenvalue weighted by molar-refractivity contribution is 0.213. The number of hydrogen-bond acceptors (Lipinski definition) is 1. The van der Waals surface area contributed by atoms with Crippen LogP contribution in [0.1, 0.15) is 92.4 Å². The van der Waals surface area contributed by atoms with Crippen molar-refractivity contribution in [1.29, 1.82) is 0 Å². The van der Waals surface area contributed by atoms with Crippen molar-refractivity contribution in [3.8, 4) is 0 Å². The molecule has 0 rings (SSSR count). The Kier molecular flexibility index (Phi) is 11.7. The lowest BCUT2D eigenvalue weighted by Gasteiger charge is -2.31. The second kappa shape index (κ2) is 11.8. The predicted octanol–water partition coefficient (Wildman–Crippen LogP) is 5.79. The summed E-state index contributed by atoms with van der Waals surface area (Å²) in [5, 5.41) is 3.61. The molecule has 1 heteroatoms. The van der Waals surface area contributed by atoms with E-state index in [1.807, 2.05) is 0 Å². The van der Waals surface area contributed by atoms with Gasteiger partial charge < -0.3 is 5.32 Å². The van der Waals surface area contributed by atoms with Crippen LogP contribution in [0.25, 0.3) is 0 Å². The van der Waals surface area contributed by atoms with Gasteiger partial charge in [-0.3, -0.25) is 0 Å². The highest BCUT2D eigenvalue weighted by Crippen LogP contribution is 2.30. The van der Waals surface area contributed by atoms with Crippen molar-refractivity contribution >= 4 is 0 Å². The van der Waals surface area contributed by atoms with Crippen LogP contribution in [0, 0.1) is 11.3 Å². The van der Waals surface area contributed by atoms with E-state index in [0.717, 1.165) is 5.92 Å². The van der Waals surface area contributed by atoms with Gasteiger partial charge in [0.25, 0.3) is 0 Å². The van der Waals surface area contributed by atoms with Gasteiger partial charge in [0, 0.05) is 0 Å². The van der Waals surface area contributed by atoms with Crippen LogP contribution in [0.5, 0.6) is 0 Å². The molecule has 116 valence electrons. The zero-order valence-corrected chi connectivity index (χ0v) is 14.4. The Bertz CT molecular complexity index is 181. The van der Waals surface area contributed by atoms with Crippen LogP contribution in [0.4, 0.5) is 0 Å². The summed E-state index contributed by atoms with van der Waals surface area (Å²) in [6.45, 7) is 14.1. The molecule has 0 aliphatic rings. The summed E-state index contributed by atoms with van der Waals surface area (Å²) in [6, 6.07) is 0. The zero-order valence-electron chi connectivity index (χ0n) is 14.4. The summed E-state index contributed by atoms with van der Waals surface area (Å²) in [6.07, 6.45) is 12.6. The topological polar surface area (TPSA) is 12.0 Å². The average Bonchev–Trinajstić information content (AvgIpc) is 2.34. The van der Waals surface area contributed by atoms with Gasteiger partial charge in [0.05, 0.1) is 0 Å². The molecule has 0 amide bonds. The van der Waals surface area contributed by atoms with Crippen molar-refractivity contribution in [2.75, 3.05) is 13.1 Å². The predicted molar refractivity (Wildman–Crippen MR) is 88.7 cm³/mol. The Balaban J connectivity index is 3.69. The van der Waals surface area contributed by atoms with Crippen LogP contribution in [-0.2, 0) is 0 Å². The molecule has 1 unspecified atom stereocenters. The normalized spacial score (nSPS) is 13.7. The molecule has 0 bridgehead atoms. The monoisotopic (exact) mass is 269 g/mol.